The number of aromatic nitrogens is 2. The first-order valence-corrected chi connectivity index (χ1v) is 7.89. The average Bonchev–Trinajstić information content (AvgIpc) is 3.06. The quantitative estimate of drug-likeness (QED) is 0.898. The van der Waals surface area contributed by atoms with E-state index >= 15 is 0 Å². The van der Waals surface area contributed by atoms with Crippen molar-refractivity contribution in [3.05, 3.63) is 16.4 Å². The van der Waals surface area contributed by atoms with E-state index < -0.39 is 0 Å². The van der Waals surface area contributed by atoms with E-state index in [4.69, 9.17) is 11.6 Å². The van der Waals surface area contributed by atoms with Crippen molar-refractivity contribution in [1.82, 2.24) is 15.1 Å². The van der Waals surface area contributed by atoms with Gasteiger partial charge in [-0.1, -0.05) is 24.4 Å². The van der Waals surface area contributed by atoms with E-state index in [2.05, 4.69) is 10.4 Å². The van der Waals surface area contributed by atoms with Gasteiger partial charge in [0, 0.05) is 19.6 Å². The van der Waals surface area contributed by atoms with Crippen molar-refractivity contribution in [2.75, 3.05) is 6.54 Å². The Balaban J connectivity index is 1.76. The van der Waals surface area contributed by atoms with E-state index in [1.807, 2.05) is 18.7 Å². The van der Waals surface area contributed by atoms with Gasteiger partial charge < -0.3 is 5.32 Å². The van der Waals surface area contributed by atoms with Gasteiger partial charge in [-0.25, -0.2) is 0 Å². The number of hydrogen-bond acceptors (Lipinski definition) is 2. The first-order valence-electron chi connectivity index (χ1n) is 7.51. The molecule has 0 aliphatic heterocycles. The van der Waals surface area contributed by atoms with Crippen LogP contribution in [0.3, 0.4) is 0 Å². The third-order valence-corrected chi connectivity index (χ3v) is 5.30. The van der Waals surface area contributed by atoms with Gasteiger partial charge in [-0.05, 0) is 44.4 Å². The van der Waals surface area contributed by atoms with Crippen LogP contribution in [0.2, 0.25) is 5.02 Å². The molecule has 1 N–H and O–H groups in total. The predicted molar refractivity (Wildman–Crippen MR) is 78.6 cm³/mol. The van der Waals surface area contributed by atoms with Crippen LogP contribution in [0.4, 0.5) is 0 Å². The third kappa shape index (κ3) is 2.82. The van der Waals surface area contributed by atoms with Gasteiger partial charge in [-0.3, -0.25) is 4.68 Å². The van der Waals surface area contributed by atoms with Gasteiger partial charge in [0.1, 0.15) is 0 Å². The molecule has 3 nitrogen and oxygen atoms in total. The Bertz CT molecular complexity index is 456. The normalized spacial score (nSPS) is 22.1. The molecule has 1 heterocycles. The molecule has 0 unspecified atom stereocenters. The van der Waals surface area contributed by atoms with Crippen LogP contribution in [0.1, 0.15) is 49.9 Å². The van der Waals surface area contributed by atoms with Crippen molar-refractivity contribution in [3.63, 3.8) is 0 Å². The molecule has 0 atom stereocenters. The number of aryl methyl sites for hydroxylation is 2. The highest BCUT2D eigenvalue weighted by atomic mass is 35.5. The number of rotatable bonds is 5. The number of hydrogen-bond donors (Lipinski definition) is 1. The van der Waals surface area contributed by atoms with E-state index in [0.717, 1.165) is 29.7 Å². The summed E-state index contributed by atoms with van der Waals surface area (Å²) in [7, 11) is 2.02. The Labute approximate surface area is 120 Å². The Kier molecular flexibility index (Phi) is 3.61. The van der Waals surface area contributed by atoms with E-state index in [9.17, 15) is 0 Å². The largest absolute Gasteiger partial charge is 0.313 e. The first-order chi connectivity index (χ1) is 9.10. The SMILES string of the molecule is Cc1nn(C)c(CC2(CNC3CC3)CCCC2)c1Cl. The lowest BCUT2D eigenvalue weighted by molar-refractivity contribution is 0.270. The summed E-state index contributed by atoms with van der Waals surface area (Å²) in [5, 5.41) is 9.06. The van der Waals surface area contributed by atoms with E-state index in [1.54, 1.807) is 0 Å². The van der Waals surface area contributed by atoms with E-state index in [-0.39, 0.29) is 0 Å². The summed E-state index contributed by atoms with van der Waals surface area (Å²) in [5.41, 5.74) is 2.59. The molecule has 106 valence electrons. The molecule has 1 aromatic heterocycles. The van der Waals surface area contributed by atoms with E-state index in [0.29, 0.717) is 5.41 Å². The van der Waals surface area contributed by atoms with Crippen LogP contribution >= 0.6 is 11.6 Å². The van der Waals surface area contributed by atoms with Crippen LogP contribution < -0.4 is 5.32 Å². The minimum Gasteiger partial charge on any atom is -0.313 e. The van der Waals surface area contributed by atoms with Crippen molar-refractivity contribution in [3.8, 4) is 0 Å². The molecular formula is C15H24ClN3. The zero-order valence-electron chi connectivity index (χ0n) is 12.0. The number of halogens is 1. The van der Waals surface area contributed by atoms with Crippen molar-refractivity contribution in [2.24, 2.45) is 12.5 Å². The van der Waals surface area contributed by atoms with Gasteiger partial charge in [0.05, 0.1) is 16.4 Å². The molecule has 1 aromatic rings. The van der Waals surface area contributed by atoms with Crippen LogP contribution in [-0.4, -0.2) is 22.4 Å². The fourth-order valence-corrected chi connectivity index (χ4v) is 3.64. The molecule has 0 saturated heterocycles. The Morgan fingerprint density at radius 3 is 2.58 bits per heavy atom. The highest BCUT2D eigenvalue weighted by Crippen LogP contribution is 2.42. The van der Waals surface area contributed by atoms with Gasteiger partial charge in [-0.2, -0.15) is 5.10 Å². The Morgan fingerprint density at radius 1 is 1.37 bits per heavy atom. The summed E-state index contributed by atoms with van der Waals surface area (Å²) in [6.07, 6.45) is 9.17. The molecule has 2 fully saturated rings. The molecule has 4 heteroatoms. The fourth-order valence-electron chi connectivity index (χ4n) is 3.42. The topological polar surface area (TPSA) is 29.9 Å². The van der Waals surface area contributed by atoms with Gasteiger partial charge in [0.25, 0.3) is 0 Å². The van der Waals surface area contributed by atoms with Crippen LogP contribution in [0, 0.1) is 12.3 Å². The summed E-state index contributed by atoms with van der Waals surface area (Å²) in [6.45, 7) is 3.15. The second kappa shape index (κ2) is 5.10. The zero-order chi connectivity index (χ0) is 13.5. The molecular weight excluding hydrogens is 258 g/mol. The second-order valence-electron chi connectivity index (χ2n) is 6.51. The maximum Gasteiger partial charge on any atom is 0.0847 e. The smallest absolute Gasteiger partial charge is 0.0847 e. The van der Waals surface area contributed by atoms with E-state index in [1.165, 1.54) is 44.2 Å². The summed E-state index contributed by atoms with van der Waals surface area (Å²) < 4.78 is 1.98. The zero-order valence-corrected chi connectivity index (χ0v) is 12.8. The lowest BCUT2D eigenvalue weighted by atomic mass is 9.81. The second-order valence-corrected chi connectivity index (χ2v) is 6.89. The molecule has 0 aromatic carbocycles. The summed E-state index contributed by atoms with van der Waals surface area (Å²) >= 11 is 6.43. The number of nitrogens with one attached hydrogen (secondary N) is 1. The van der Waals surface area contributed by atoms with Crippen LogP contribution in [0.25, 0.3) is 0 Å². The molecule has 19 heavy (non-hydrogen) atoms. The standard InChI is InChI=1S/C15H24ClN3/c1-11-14(16)13(19(2)18-11)9-15(7-3-4-8-15)10-17-12-5-6-12/h12,17H,3-10H2,1-2H3. The lowest BCUT2D eigenvalue weighted by Gasteiger charge is -2.29. The third-order valence-electron chi connectivity index (χ3n) is 4.81. The van der Waals surface area contributed by atoms with Crippen LogP contribution in [0.15, 0.2) is 0 Å². The molecule has 2 aliphatic carbocycles. The van der Waals surface area contributed by atoms with Crippen molar-refractivity contribution in [2.45, 2.75) is 57.9 Å². The molecule has 0 radical (unpaired) electrons. The molecule has 2 aliphatic rings. The average molecular weight is 282 g/mol. The predicted octanol–water partition coefficient (Wildman–Crippen LogP) is 3.24. The molecule has 0 bridgehead atoms. The first kappa shape index (κ1) is 13.4. The van der Waals surface area contributed by atoms with Gasteiger partial charge in [0.2, 0.25) is 0 Å². The minimum atomic E-state index is 0.409. The van der Waals surface area contributed by atoms with Crippen molar-refractivity contribution < 1.29 is 0 Å². The Morgan fingerprint density at radius 2 is 2.05 bits per heavy atom. The summed E-state index contributed by atoms with van der Waals surface area (Å²) in [6, 6.07) is 0.793. The molecule has 3 rings (SSSR count). The van der Waals surface area contributed by atoms with Gasteiger partial charge in [0.15, 0.2) is 0 Å². The monoisotopic (exact) mass is 281 g/mol. The molecule has 0 spiro atoms. The minimum absolute atomic E-state index is 0.409. The van der Waals surface area contributed by atoms with Crippen molar-refractivity contribution >= 4 is 11.6 Å². The van der Waals surface area contributed by atoms with Crippen LogP contribution in [0.5, 0.6) is 0 Å². The maximum atomic E-state index is 6.43. The van der Waals surface area contributed by atoms with Gasteiger partial charge >= 0.3 is 0 Å². The highest BCUT2D eigenvalue weighted by Gasteiger charge is 2.37. The lowest BCUT2D eigenvalue weighted by Crippen LogP contribution is -2.35. The van der Waals surface area contributed by atoms with Gasteiger partial charge in [-0.15, -0.1) is 0 Å². The van der Waals surface area contributed by atoms with Crippen LogP contribution in [-0.2, 0) is 13.5 Å². The Hall–Kier alpha value is -0.540. The molecule has 2 saturated carbocycles. The summed E-state index contributed by atoms with van der Waals surface area (Å²) in [4.78, 5) is 0. The highest BCUT2D eigenvalue weighted by molar-refractivity contribution is 6.31. The molecule has 0 amide bonds. The summed E-state index contributed by atoms with van der Waals surface area (Å²) in [5.74, 6) is 0. The van der Waals surface area contributed by atoms with Crippen molar-refractivity contribution in [1.29, 1.82) is 0 Å². The number of nitrogens with zero attached hydrogens (tertiary/aromatic N) is 2. The fraction of sp³-hybridized carbons (Fsp3) is 0.800. The maximum absolute atomic E-state index is 6.43.